The van der Waals surface area contributed by atoms with Crippen molar-refractivity contribution in [2.75, 3.05) is 0 Å². The summed E-state index contributed by atoms with van der Waals surface area (Å²) in [7, 11) is 0. The number of hydrogen-bond donors (Lipinski definition) is 1. The Kier molecular flexibility index (Phi) is 3.58. The second-order valence-electron chi connectivity index (χ2n) is 5.56. The molecule has 0 amide bonds. The lowest BCUT2D eigenvalue weighted by molar-refractivity contribution is 0.319. The van der Waals surface area contributed by atoms with E-state index in [4.69, 9.17) is 4.52 Å². The molecule has 0 unspecified atom stereocenters. The fourth-order valence-electron chi connectivity index (χ4n) is 1.66. The van der Waals surface area contributed by atoms with Gasteiger partial charge in [-0.15, -0.1) is 11.3 Å². The summed E-state index contributed by atoms with van der Waals surface area (Å²) in [6.45, 7) is 6.05. The topological polar surface area (TPSA) is 84.7 Å². The fraction of sp³-hybridized carbons (Fsp3) is 0.385. The molecule has 0 bridgehead atoms. The van der Waals surface area contributed by atoms with Gasteiger partial charge in [0.1, 0.15) is 4.83 Å². The molecule has 0 aliphatic carbocycles. The maximum absolute atomic E-state index is 11.9. The van der Waals surface area contributed by atoms with Gasteiger partial charge in [-0.2, -0.15) is 4.98 Å². The van der Waals surface area contributed by atoms with Gasteiger partial charge in [-0.05, 0) is 11.4 Å². The molecule has 0 fully saturated rings. The van der Waals surface area contributed by atoms with E-state index in [9.17, 15) is 4.79 Å². The molecule has 110 valence electrons. The zero-order chi connectivity index (χ0) is 15.0. The number of nitrogens with one attached hydrogen (secondary N) is 1. The number of thiophene rings is 1. The van der Waals surface area contributed by atoms with Gasteiger partial charge >= 0.3 is 0 Å². The number of aromatic nitrogens is 4. The van der Waals surface area contributed by atoms with Gasteiger partial charge < -0.3 is 9.51 Å². The first kappa shape index (κ1) is 14.3. The Morgan fingerprint density at radius 2 is 2.19 bits per heavy atom. The minimum Gasteiger partial charge on any atom is -0.339 e. The molecule has 0 radical (unpaired) electrons. The van der Waals surface area contributed by atoms with E-state index in [-0.39, 0.29) is 11.0 Å². The minimum atomic E-state index is -0.168. The van der Waals surface area contributed by atoms with Gasteiger partial charge in [-0.25, -0.2) is 4.98 Å². The van der Waals surface area contributed by atoms with E-state index in [1.165, 1.54) is 23.1 Å². The molecule has 3 aromatic rings. The maximum atomic E-state index is 11.9. The number of fused-ring (bicyclic) bond motifs is 1. The van der Waals surface area contributed by atoms with Crippen LogP contribution in [0.15, 0.2) is 25.9 Å². The second kappa shape index (κ2) is 5.27. The van der Waals surface area contributed by atoms with Crippen LogP contribution in [0.4, 0.5) is 0 Å². The summed E-state index contributed by atoms with van der Waals surface area (Å²) in [5.74, 6) is 1.70. The highest BCUT2D eigenvalue weighted by Crippen LogP contribution is 2.23. The third kappa shape index (κ3) is 3.01. The highest BCUT2D eigenvalue weighted by atomic mass is 32.2. The van der Waals surface area contributed by atoms with Gasteiger partial charge in [-0.3, -0.25) is 4.79 Å². The first-order valence-electron chi connectivity index (χ1n) is 6.37. The Morgan fingerprint density at radius 1 is 1.38 bits per heavy atom. The molecular formula is C13H14N4O2S2. The molecule has 0 atom stereocenters. The van der Waals surface area contributed by atoms with Crippen LogP contribution in [0, 0.1) is 0 Å². The van der Waals surface area contributed by atoms with Crippen molar-refractivity contribution < 1.29 is 4.52 Å². The number of aromatic amines is 1. The lowest BCUT2D eigenvalue weighted by Gasteiger charge is -2.10. The molecule has 6 nitrogen and oxygen atoms in total. The fourth-order valence-corrected chi connectivity index (χ4v) is 3.19. The van der Waals surface area contributed by atoms with E-state index in [2.05, 4.69) is 20.1 Å². The van der Waals surface area contributed by atoms with E-state index in [0.29, 0.717) is 28.0 Å². The summed E-state index contributed by atoms with van der Waals surface area (Å²) in [5.41, 5.74) is -0.287. The monoisotopic (exact) mass is 322 g/mol. The van der Waals surface area contributed by atoms with E-state index in [1.54, 1.807) is 6.07 Å². The molecule has 0 aliphatic heterocycles. The number of thioether (sulfide) groups is 1. The van der Waals surface area contributed by atoms with Crippen LogP contribution in [0.5, 0.6) is 0 Å². The first-order valence-corrected chi connectivity index (χ1v) is 8.23. The van der Waals surface area contributed by atoms with Crippen molar-refractivity contribution in [2.45, 2.75) is 37.1 Å². The Hall–Kier alpha value is -1.67. The van der Waals surface area contributed by atoms with Crippen molar-refractivity contribution >= 4 is 33.3 Å². The molecule has 0 saturated heterocycles. The zero-order valence-corrected chi connectivity index (χ0v) is 13.5. The van der Waals surface area contributed by atoms with Crippen molar-refractivity contribution in [2.24, 2.45) is 0 Å². The van der Waals surface area contributed by atoms with Gasteiger partial charge in [0, 0.05) is 5.41 Å². The number of nitrogens with zero attached hydrogens (tertiary/aromatic N) is 3. The third-order valence-corrected chi connectivity index (χ3v) is 4.44. The van der Waals surface area contributed by atoms with Gasteiger partial charge in [-0.1, -0.05) is 37.7 Å². The molecule has 3 heterocycles. The van der Waals surface area contributed by atoms with Crippen LogP contribution in [0.2, 0.25) is 0 Å². The van der Waals surface area contributed by atoms with Crippen molar-refractivity contribution in [3.05, 3.63) is 33.5 Å². The van der Waals surface area contributed by atoms with Crippen molar-refractivity contribution in [3.8, 4) is 0 Å². The Labute approximate surface area is 129 Å². The number of rotatable bonds is 3. The Bertz CT molecular complexity index is 828. The quantitative estimate of drug-likeness (QED) is 0.589. The zero-order valence-electron chi connectivity index (χ0n) is 11.8. The average Bonchev–Trinajstić information content (AvgIpc) is 3.04. The molecule has 0 aliphatic rings. The summed E-state index contributed by atoms with van der Waals surface area (Å²) in [4.78, 5) is 24.1. The van der Waals surface area contributed by atoms with Crippen LogP contribution in [-0.2, 0) is 11.2 Å². The van der Waals surface area contributed by atoms with E-state index >= 15 is 0 Å². The van der Waals surface area contributed by atoms with Crippen LogP contribution in [0.25, 0.3) is 10.2 Å². The van der Waals surface area contributed by atoms with Crippen LogP contribution in [0.1, 0.15) is 32.5 Å². The summed E-state index contributed by atoms with van der Waals surface area (Å²) in [6.07, 6.45) is 0. The summed E-state index contributed by atoms with van der Waals surface area (Å²) in [5, 5.41) is 7.00. The van der Waals surface area contributed by atoms with Crippen LogP contribution < -0.4 is 5.56 Å². The molecule has 3 aromatic heterocycles. The molecule has 3 rings (SSSR count). The predicted octanol–water partition coefficient (Wildman–Crippen LogP) is 2.96. The molecule has 0 spiro atoms. The third-order valence-electron chi connectivity index (χ3n) is 2.76. The molecule has 1 N–H and O–H groups in total. The van der Waals surface area contributed by atoms with Gasteiger partial charge in [0.05, 0.1) is 11.1 Å². The smallest absolute Gasteiger partial charge is 0.260 e. The lowest BCUT2D eigenvalue weighted by atomic mass is 9.97. The van der Waals surface area contributed by atoms with Crippen LogP contribution >= 0.6 is 23.1 Å². The second-order valence-corrected chi connectivity index (χ2v) is 7.42. The number of hydrogen-bond acceptors (Lipinski definition) is 7. The first-order chi connectivity index (χ1) is 9.93. The largest absolute Gasteiger partial charge is 0.339 e. The van der Waals surface area contributed by atoms with Crippen LogP contribution in [0.3, 0.4) is 0 Å². The summed E-state index contributed by atoms with van der Waals surface area (Å²) in [6, 6.07) is 1.77. The van der Waals surface area contributed by atoms with E-state index in [1.807, 2.05) is 26.2 Å². The maximum Gasteiger partial charge on any atom is 0.260 e. The van der Waals surface area contributed by atoms with Gasteiger partial charge in [0.25, 0.3) is 5.56 Å². The molecule has 21 heavy (non-hydrogen) atoms. The van der Waals surface area contributed by atoms with E-state index < -0.39 is 0 Å². The lowest BCUT2D eigenvalue weighted by Crippen LogP contribution is -2.11. The molecule has 8 heteroatoms. The molecule has 0 saturated carbocycles. The highest BCUT2D eigenvalue weighted by Gasteiger charge is 2.21. The highest BCUT2D eigenvalue weighted by molar-refractivity contribution is 7.98. The molecule has 0 aromatic carbocycles. The minimum absolute atomic E-state index is 0.118. The Morgan fingerprint density at radius 3 is 2.90 bits per heavy atom. The molecular weight excluding hydrogens is 308 g/mol. The van der Waals surface area contributed by atoms with Crippen LogP contribution in [-0.4, -0.2) is 20.1 Å². The predicted molar refractivity (Wildman–Crippen MR) is 82.8 cm³/mol. The normalized spacial score (nSPS) is 12.1. The SMILES string of the molecule is CC(C)(C)c1nc(CSc2nc3sccc3c(=O)[nH]2)no1. The summed E-state index contributed by atoms with van der Waals surface area (Å²) < 4.78 is 5.23. The van der Waals surface area contributed by atoms with Crippen molar-refractivity contribution in [1.29, 1.82) is 0 Å². The van der Waals surface area contributed by atoms with Crippen molar-refractivity contribution in [3.63, 3.8) is 0 Å². The average molecular weight is 322 g/mol. The van der Waals surface area contributed by atoms with Crippen molar-refractivity contribution in [1.82, 2.24) is 20.1 Å². The number of H-pyrrole nitrogens is 1. The summed E-state index contributed by atoms with van der Waals surface area (Å²) >= 11 is 2.84. The van der Waals surface area contributed by atoms with E-state index in [0.717, 1.165) is 4.83 Å². The Balaban J connectivity index is 1.77. The standard InChI is InChI=1S/C13H14N4O2S2/c1-13(2,3)11-14-8(17-19-11)6-21-12-15-9(18)7-4-5-20-10(7)16-12/h4-5H,6H2,1-3H3,(H,15,16,18). The van der Waals surface area contributed by atoms with Gasteiger partial charge in [0.2, 0.25) is 5.89 Å². The van der Waals surface area contributed by atoms with Gasteiger partial charge in [0.15, 0.2) is 11.0 Å².